The smallest absolute Gasteiger partial charge is 0.137 e. The van der Waals surface area contributed by atoms with Gasteiger partial charge in [-0.25, -0.2) is 9.67 Å². The number of hydrogen-bond acceptors (Lipinski definition) is 3. The molecule has 0 amide bonds. The lowest BCUT2D eigenvalue weighted by Gasteiger charge is -2.20. The lowest BCUT2D eigenvalue weighted by Crippen LogP contribution is -2.12. The molecule has 0 radical (unpaired) electrons. The molecular weight excluding hydrogens is 589 g/mol. The zero-order valence-electron chi connectivity index (χ0n) is 29.3. The van der Waals surface area contributed by atoms with Crippen molar-refractivity contribution in [2.75, 3.05) is 0 Å². The summed E-state index contributed by atoms with van der Waals surface area (Å²) in [7, 11) is 0. The second kappa shape index (κ2) is 12.1. The molecule has 0 saturated carbocycles. The SMILES string of the molecule is CCCc1cc(Oc2ccc3c4ccccc4n(-c4cc(C(C)(C)C)ccn4)c3c2)cc(-n2cc(-c3c(C)c(C)cc(C)c3C)cn2)c1. The van der Waals surface area contributed by atoms with E-state index in [9.17, 15) is 0 Å². The van der Waals surface area contributed by atoms with Crippen LogP contribution in [0, 0.1) is 27.7 Å². The molecule has 0 unspecified atom stereocenters. The van der Waals surface area contributed by atoms with Gasteiger partial charge in [-0.1, -0.05) is 58.4 Å². The standard InChI is InChI=1S/C43H44N4O/c1-9-12-31-20-34(46-26-32(25-45-46)42-29(4)27(2)19-28(3)30(42)5)23-36(21-31)48-35-15-16-38-37-13-10-11-14-39(37)47(40(38)24-35)41-22-33(17-18-44-41)43(6,7)8/h10-11,13-26H,9,12H2,1-8H3. The Morgan fingerprint density at radius 2 is 1.50 bits per heavy atom. The van der Waals surface area contributed by atoms with Crippen LogP contribution in [0.4, 0.5) is 0 Å². The number of aryl methyl sites for hydroxylation is 3. The first-order valence-corrected chi connectivity index (χ1v) is 17.0. The number of aromatic nitrogens is 4. The van der Waals surface area contributed by atoms with Gasteiger partial charge in [0.2, 0.25) is 0 Å². The second-order valence-electron chi connectivity index (χ2n) is 14.2. The Kier molecular flexibility index (Phi) is 7.95. The van der Waals surface area contributed by atoms with E-state index >= 15 is 0 Å². The van der Waals surface area contributed by atoms with Crippen LogP contribution in [0.3, 0.4) is 0 Å². The quantitative estimate of drug-likeness (QED) is 0.176. The van der Waals surface area contributed by atoms with E-state index in [2.05, 4.69) is 145 Å². The summed E-state index contributed by atoms with van der Waals surface area (Å²) in [4.78, 5) is 4.84. The first-order valence-electron chi connectivity index (χ1n) is 17.0. The fourth-order valence-corrected chi connectivity index (χ4v) is 6.91. The zero-order valence-corrected chi connectivity index (χ0v) is 29.3. The van der Waals surface area contributed by atoms with E-state index < -0.39 is 0 Å². The highest BCUT2D eigenvalue weighted by atomic mass is 16.5. The molecule has 0 aliphatic heterocycles. The van der Waals surface area contributed by atoms with E-state index in [-0.39, 0.29) is 5.41 Å². The van der Waals surface area contributed by atoms with Crippen LogP contribution in [0.25, 0.3) is 44.4 Å². The molecular formula is C43H44N4O. The summed E-state index contributed by atoms with van der Waals surface area (Å²) in [6.45, 7) is 17.7. The van der Waals surface area contributed by atoms with E-state index in [1.165, 1.54) is 49.7 Å². The van der Waals surface area contributed by atoms with Crippen molar-refractivity contribution in [1.29, 1.82) is 0 Å². The van der Waals surface area contributed by atoms with Crippen LogP contribution in [-0.4, -0.2) is 19.3 Å². The third kappa shape index (κ3) is 5.68. The molecule has 0 fully saturated rings. The molecule has 3 aromatic heterocycles. The number of rotatable bonds is 7. The maximum atomic E-state index is 6.69. The number of benzene rings is 4. The van der Waals surface area contributed by atoms with Crippen molar-refractivity contribution in [2.24, 2.45) is 0 Å². The Balaban J connectivity index is 1.30. The number of pyridine rings is 1. The van der Waals surface area contributed by atoms with Gasteiger partial charge in [0.1, 0.15) is 17.3 Å². The summed E-state index contributed by atoms with van der Waals surface area (Å²) >= 11 is 0. The van der Waals surface area contributed by atoms with Gasteiger partial charge in [-0.05, 0) is 121 Å². The minimum Gasteiger partial charge on any atom is -0.457 e. The number of para-hydroxylation sites is 1. The van der Waals surface area contributed by atoms with E-state index in [0.29, 0.717) is 0 Å². The summed E-state index contributed by atoms with van der Waals surface area (Å²) < 4.78 is 10.9. The van der Waals surface area contributed by atoms with Gasteiger partial charge in [0.25, 0.3) is 0 Å². The van der Waals surface area contributed by atoms with Crippen LogP contribution in [-0.2, 0) is 11.8 Å². The first kappa shape index (κ1) is 31.4. The van der Waals surface area contributed by atoms with Gasteiger partial charge in [0.05, 0.1) is 22.9 Å². The Morgan fingerprint density at radius 3 is 2.25 bits per heavy atom. The van der Waals surface area contributed by atoms with Gasteiger partial charge in [-0.15, -0.1) is 0 Å². The van der Waals surface area contributed by atoms with Gasteiger partial charge in [0, 0.05) is 40.9 Å². The van der Waals surface area contributed by atoms with E-state index in [0.717, 1.165) is 52.4 Å². The molecule has 0 bridgehead atoms. The van der Waals surface area contributed by atoms with Crippen molar-refractivity contribution < 1.29 is 4.74 Å². The Bertz CT molecular complexity index is 2290. The van der Waals surface area contributed by atoms with Crippen LogP contribution >= 0.6 is 0 Å². The lowest BCUT2D eigenvalue weighted by molar-refractivity contribution is 0.482. The lowest BCUT2D eigenvalue weighted by atomic mass is 9.88. The molecule has 0 saturated heterocycles. The van der Waals surface area contributed by atoms with Crippen molar-refractivity contribution in [3.63, 3.8) is 0 Å². The van der Waals surface area contributed by atoms with E-state index in [1.807, 2.05) is 17.1 Å². The van der Waals surface area contributed by atoms with Crippen LogP contribution in [0.5, 0.6) is 11.5 Å². The van der Waals surface area contributed by atoms with E-state index in [4.69, 9.17) is 14.8 Å². The maximum absolute atomic E-state index is 6.69. The maximum Gasteiger partial charge on any atom is 0.137 e. The molecule has 0 aliphatic carbocycles. The van der Waals surface area contributed by atoms with Crippen molar-refractivity contribution in [3.8, 4) is 34.1 Å². The Labute approximate surface area is 283 Å². The second-order valence-corrected chi connectivity index (χ2v) is 14.2. The zero-order chi connectivity index (χ0) is 33.7. The highest BCUT2D eigenvalue weighted by Gasteiger charge is 2.19. The molecule has 5 heteroatoms. The monoisotopic (exact) mass is 632 g/mol. The molecule has 242 valence electrons. The predicted octanol–water partition coefficient (Wildman–Crippen LogP) is 11.3. The molecule has 0 spiro atoms. The summed E-state index contributed by atoms with van der Waals surface area (Å²) in [5.74, 6) is 2.48. The van der Waals surface area contributed by atoms with Gasteiger partial charge in [-0.3, -0.25) is 4.57 Å². The summed E-state index contributed by atoms with van der Waals surface area (Å²) in [6.07, 6.45) is 8.04. The Hall–Kier alpha value is -5.16. The average Bonchev–Trinajstić information content (AvgIpc) is 3.67. The highest BCUT2D eigenvalue weighted by Crippen LogP contribution is 2.37. The van der Waals surface area contributed by atoms with Gasteiger partial charge < -0.3 is 4.74 Å². The largest absolute Gasteiger partial charge is 0.457 e. The highest BCUT2D eigenvalue weighted by molar-refractivity contribution is 6.09. The molecule has 4 aromatic carbocycles. The molecule has 3 heterocycles. The molecule has 0 aliphatic rings. The van der Waals surface area contributed by atoms with Crippen LogP contribution < -0.4 is 4.74 Å². The van der Waals surface area contributed by atoms with Crippen LogP contribution in [0.15, 0.2) is 97.5 Å². The number of ether oxygens (including phenoxy) is 1. The normalized spacial score (nSPS) is 11.9. The number of fused-ring (bicyclic) bond motifs is 3. The van der Waals surface area contributed by atoms with Gasteiger partial charge >= 0.3 is 0 Å². The Morgan fingerprint density at radius 1 is 0.750 bits per heavy atom. The van der Waals surface area contributed by atoms with Gasteiger partial charge in [0.15, 0.2) is 0 Å². The molecule has 0 N–H and O–H groups in total. The summed E-state index contributed by atoms with van der Waals surface area (Å²) in [5.41, 5.74) is 13.3. The third-order valence-corrected chi connectivity index (χ3v) is 9.71. The van der Waals surface area contributed by atoms with Crippen LogP contribution in [0.1, 0.15) is 67.5 Å². The molecule has 48 heavy (non-hydrogen) atoms. The predicted molar refractivity (Wildman–Crippen MR) is 199 cm³/mol. The van der Waals surface area contributed by atoms with E-state index in [1.54, 1.807) is 0 Å². The van der Waals surface area contributed by atoms with Crippen molar-refractivity contribution in [3.05, 3.63) is 131 Å². The average molecular weight is 633 g/mol. The summed E-state index contributed by atoms with van der Waals surface area (Å²) in [5, 5.41) is 7.20. The van der Waals surface area contributed by atoms with Gasteiger partial charge in [-0.2, -0.15) is 5.10 Å². The fourth-order valence-electron chi connectivity index (χ4n) is 6.91. The summed E-state index contributed by atoms with van der Waals surface area (Å²) in [6, 6.07) is 28.0. The van der Waals surface area contributed by atoms with Crippen molar-refractivity contribution >= 4 is 21.8 Å². The van der Waals surface area contributed by atoms with Crippen molar-refractivity contribution in [2.45, 2.75) is 73.6 Å². The molecule has 5 nitrogen and oxygen atoms in total. The minimum atomic E-state index is 0.0118. The molecule has 7 aromatic rings. The topological polar surface area (TPSA) is 44.9 Å². The third-order valence-electron chi connectivity index (χ3n) is 9.71. The van der Waals surface area contributed by atoms with Crippen LogP contribution in [0.2, 0.25) is 0 Å². The fraction of sp³-hybridized carbons (Fsp3) is 0.256. The van der Waals surface area contributed by atoms with Crippen molar-refractivity contribution in [1.82, 2.24) is 19.3 Å². The molecule has 0 atom stereocenters. The first-order chi connectivity index (χ1) is 23.0. The minimum absolute atomic E-state index is 0.0118. The number of nitrogens with zero attached hydrogens (tertiary/aromatic N) is 4. The molecule has 7 rings (SSSR count). The number of hydrogen-bond donors (Lipinski definition) is 0.